The van der Waals surface area contributed by atoms with Crippen molar-refractivity contribution >= 4 is 16.8 Å². The summed E-state index contributed by atoms with van der Waals surface area (Å²) in [6.45, 7) is 0.232. The molecular weight excluding hydrogens is 299 g/mol. The number of aromatic nitrogens is 3. The summed E-state index contributed by atoms with van der Waals surface area (Å²) >= 11 is 0. The summed E-state index contributed by atoms with van der Waals surface area (Å²) in [6, 6.07) is 5.08. The van der Waals surface area contributed by atoms with E-state index in [1.807, 2.05) is 0 Å². The average Bonchev–Trinajstić information content (AvgIpc) is 2.54. The largest absolute Gasteiger partial charge is 0.336 e. The molecule has 0 aliphatic rings. The van der Waals surface area contributed by atoms with Crippen LogP contribution in [0.2, 0.25) is 0 Å². The van der Waals surface area contributed by atoms with Crippen molar-refractivity contribution < 1.29 is 9.18 Å². The Bertz CT molecular complexity index is 924. The van der Waals surface area contributed by atoms with Crippen molar-refractivity contribution in [3.05, 3.63) is 70.3 Å². The van der Waals surface area contributed by atoms with Gasteiger partial charge < -0.3 is 9.88 Å². The number of aromatic amines is 1. The number of fused-ring (bicyclic) bond motifs is 1. The van der Waals surface area contributed by atoms with Crippen LogP contribution >= 0.6 is 0 Å². The number of amides is 1. The van der Waals surface area contributed by atoms with E-state index in [0.717, 1.165) is 0 Å². The zero-order valence-electron chi connectivity index (χ0n) is 12.3. The lowest BCUT2D eigenvalue weighted by Crippen LogP contribution is -2.28. The van der Waals surface area contributed by atoms with Crippen LogP contribution in [0.25, 0.3) is 10.9 Å². The van der Waals surface area contributed by atoms with Crippen molar-refractivity contribution in [1.29, 1.82) is 0 Å². The molecule has 0 atom stereocenters. The van der Waals surface area contributed by atoms with Crippen LogP contribution < -0.4 is 5.56 Å². The summed E-state index contributed by atoms with van der Waals surface area (Å²) in [5.74, 6) is -0.868. The molecule has 7 heteroatoms. The predicted octanol–water partition coefficient (Wildman–Crippen LogP) is 1.73. The van der Waals surface area contributed by atoms with Gasteiger partial charge in [-0.05, 0) is 18.2 Å². The van der Waals surface area contributed by atoms with Crippen LogP contribution in [0.3, 0.4) is 0 Å². The Kier molecular flexibility index (Phi) is 3.84. The second-order valence-corrected chi connectivity index (χ2v) is 5.10. The Balaban J connectivity index is 2.00. The van der Waals surface area contributed by atoms with Gasteiger partial charge in [-0.1, -0.05) is 0 Å². The van der Waals surface area contributed by atoms with E-state index in [1.54, 1.807) is 19.4 Å². The first-order valence-corrected chi connectivity index (χ1v) is 6.87. The van der Waals surface area contributed by atoms with Crippen molar-refractivity contribution in [2.75, 3.05) is 7.05 Å². The molecule has 0 fully saturated rings. The maximum atomic E-state index is 13.5. The molecule has 0 bridgehead atoms. The average molecular weight is 312 g/mol. The summed E-state index contributed by atoms with van der Waals surface area (Å²) in [6.07, 6.45) is 4.63. The van der Waals surface area contributed by atoms with Crippen molar-refractivity contribution in [2.45, 2.75) is 6.54 Å². The van der Waals surface area contributed by atoms with Crippen LogP contribution in [0.5, 0.6) is 0 Å². The van der Waals surface area contributed by atoms with Crippen molar-refractivity contribution in [3.8, 4) is 0 Å². The van der Waals surface area contributed by atoms with E-state index in [2.05, 4.69) is 15.0 Å². The molecular formula is C16H13FN4O2. The van der Waals surface area contributed by atoms with Crippen molar-refractivity contribution in [1.82, 2.24) is 19.9 Å². The molecule has 1 amide bonds. The predicted molar refractivity (Wildman–Crippen MR) is 82.4 cm³/mol. The second kappa shape index (κ2) is 5.96. The quantitative estimate of drug-likeness (QED) is 0.799. The molecule has 2 heterocycles. The highest BCUT2D eigenvalue weighted by Gasteiger charge is 2.17. The van der Waals surface area contributed by atoms with Gasteiger partial charge in [0, 0.05) is 36.4 Å². The highest BCUT2D eigenvalue weighted by molar-refractivity contribution is 6.05. The number of hydrogen-bond acceptors (Lipinski definition) is 4. The number of halogens is 1. The molecule has 3 aromatic rings. The molecule has 0 saturated heterocycles. The molecule has 2 aromatic heterocycles. The number of carbonyl (C=O) groups is 1. The lowest BCUT2D eigenvalue weighted by atomic mass is 10.1. The fraction of sp³-hybridized carbons (Fsp3) is 0.125. The Morgan fingerprint density at radius 2 is 2.13 bits per heavy atom. The minimum Gasteiger partial charge on any atom is -0.336 e. The summed E-state index contributed by atoms with van der Waals surface area (Å²) in [7, 11) is 1.59. The third kappa shape index (κ3) is 3.08. The van der Waals surface area contributed by atoms with E-state index in [9.17, 15) is 14.0 Å². The monoisotopic (exact) mass is 312 g/mol. The number of nitrogens with one attached hydrogen (secondary N) is 1. The third-order valence-corrected chi connectivity index (χ3v) is 3.40. The topological polar surface area (TPSA) is 79.0 Å². The van der Waals surface area contributed by atoms with Crippen molar-refractivity contribution in [3.63, 3.8) is 0 Å². The van der Waals surface area contributed by atoms with E-state index in [4.69, 9.17) is 0 Å². The molecule has 1 N–H and O–H groups in total. The minimum absolute atomic E-state index is 0.148. The summed E-state index contributed by atoms with van der Waals surface area (Å²) in [4.78, 5) is 36.4. The summed E-state index contributed by atoms with van der Waals surface area (Å²) in [5.41, 5.74) is 0.758. The van der Waals surface area contributed by atoms with Gasteiger partial charge in [-0.25, -0.2) is 4.39 Å². The Hall–Kier alpha value is -3.09. The maximum absolute atomic E-state index is 13.5. The smallest absolute Gasteiger partial charge is 0.254 e. The number of nitrogens with zero attached hydrogens (tertiary/aromatic N) is 3. The zero-order chi connectivity index (χ0) is 16.4. The molecule has 23 heavy (non-hydrogen) atoms. The molecule has 1 aromatic carbocycles. The first-order chi connectivity index (χ1) is 11.0. The standard InChI is InChI=1S/C16H13FN4O2/c1-21(9-11-8-18-4-5-19-11)16(23)13-7-15(22)20-14-3-2-10(17)6-12(13)14/h2-8H,9H2,1H3,(H,20,22). The third-order valence-electron chi connectivity index (χ3n) is 3.40. The van der Waals surface area contributed by atoms with E-state index in [0.29, 0.717) is 16.6 Å². The number of pyridine rings is 1. The molecule has 116 valence electrons. The van der Waals surface area contributed by atoms with Gasteiger partial charge in [0.1, 0.15) is 5.82 Å². The summed E-state index contributed by atoms with van der Waals surface area (Å²) in [5, 5.41) is 0.362. The first-order valence-electron chi connectivity index (χ1n) is 6.87. The highest BCUT2D eigenvalue weighted by Crippen LogP contribution is 2.18. The molecule has 0 spiro atoms. The lowest BCUT2D eigenvalue weighted by Gasteiger charge is -2.17. The Morgan fingerprint density at radius 1 is 1.30 bits per heavy atom. The zero-order valence-corrected chi connectivity index (χ0v) is 12.3. The van der Waals surface area contributed by atoms with Crippen LogP contribution in [-0.2, 0) is 6.54 Å². The molecule has 0 aliphatic carbocycles. The van der Waals surface area contributed by atoms with Crippen LogP contribution in [0, 0.1) is 5.82 Å². The number of rotatable bonds is 3. The van der Waals surface area contributed by atoms with E-state index < -0.39 is 17.3 Å². The highest BCUT2D eigenvalue weighted by atomic mass is 19.1. The minimum atomic E-state index is -0.477. The molecule has 0 radical (unpaired) electrons. The van der Waals surface area contributed by atoms with Gasteiger partial charge >= 0.3 is 0 Å². The fourth-order valence-electron chi connectivity index (χ4n) is 2.33. The van der Waals surface area contributed by atoms with E-state index >= 15 is 0 Å². The number of carbonyl (C=O) groups excluding carboxylic acids is 1. The van der Waals surface area contributed by atoms with Crippen LogP contribution in [0.15, 0.2) is 47.7 Å². The molecule has 0 saturated carbocycles. The molecule has 3 rings (SSSR count). The Labute approximate surface area is 130 Å². The van der Waals surface area contributed by atoms with Gasteiger partial charge in [0.2, 0.25) is 5.56 Å². The van der Waals surface area contributed by atoms with Gasteiger partial charge in [0.05, 0.1) is 24.0 Å². The van der Waals surface area contributed by atoms with Crippen molar-refractivity contribution in [2.24, 2.45) is 0 Å². The number of H-pyrrole nitrogens is 1. The van der Waals surface area contributed by atoms with E-state index in [1.165, 1.54) is 35.4 Å². The number of hydrogen-bond donors (Lipinski definition) is 1. The van der Waals surface area contributed by atoms with Gasteiger partial charge in [0.15, 0.2) is 0 Å². The number of benzene rings is 1. The van der Waals surface area contributed by atoms with Gasteiger partial charge in [-0.2, -0.15) is 0 Å². The van der Waals surface area contributed by atoms with Crippen LogP contribution in [-0.4, -0.2) is 32.8 Å². The van der Waals surface area contributed by atoms with Crippen LogP contribution in [0.4, 0.5) is 4.39 Å². The lowest BCUT2D eigenvalue weighted by molar-refractivity contribution is 0.0785. The van der Waals surface area contributed by atoms with Gasteiger partial charge in [-0.3, -0.25) is 19.6 Å². The maximum Gasteiger partial charge on any atom is 0.254 e. The van der Waals surface area contributed by atoms with E-state index in [-0.39, 0.29) is 12.1 Å². The summed E-state index contributed by atoms with van der Waals surface area (Å²) < 4.78 is 13.5. The Morgan fingerprint density at radius 3 is 2.87 bits per heavy atom. The molecule has 0 aliphatic heterocycles. The van der Waals surface area contributed by atoms with Gasteiger partial charge in [-0.15, -0.1) is 0 Å². The molecule has 6 nitrogen and oxygen atoms in total. The SMILES string of the molecule is CN(Cc1cnccn1)C(=O)c1cc(=O)[nH]c2ccc(F)cc12. The van der Waals surface area contributed by atoms with Gasteiger partial charge in [0.25, 0.3) is 5.91 Å². The van der Waals surface area contributed by atoms with Crippen LogP contribution in [0.1, 0.15) is 16.1 Å². The molecule has 0 unspecified atom stereocenters. The fourth-order valence-corrected chi connectivity index (χ4v) is 2.33. The first kappa shape index (κ1) is 14.8. The normalized spacial score (nSPS) is 10.7. The second-order valence-electron chi connectivity index (χ2n) is 5.10.